The molecule has 0 aromatic heterocycles. The number of aldehydes is 1. The largest absolute Gasteiger partial charge is 0.376 e. The van der Waals surface area contributed by atoms with E-state index in [1.807, 2.05) is 26.0 Å². The normalized spacial score (nSPS) is 40.8. The highest BCUT2D eigenvalue weighted by atomic mass is 16.7. The Labute approximate surface area is 160 Å². The van der Waals surface area contributed by atoms with Crippen molar-refractivity contribution in [3.05, 3.63) is 12.2 Å². The quantitative estimate of drug-likeness (QED) is 0.415. The van der Waals surface area contributed by atoms with Crippen LogP contribution in [0.25, 0.3) is 0 Å². The maximum atomic E-state index is 13.7. The van der Waals surface area contributed by atoms with Gasteiger partial charge in [0.25, 0.3) is 0 Å². The van der Waals surface area contributed by atoms with Crippen LogP contribution in [0.4, 0.5) is 0 Å². The molecule has 27 heavy (non-hydrogen) atoms. The summed E-state index contributed by atoms with van der Waals surface area (Å²) in [6, 6.07) is 0. The molecule has 2 saturated carbocycles. The van der Waals surface area contributed by atoms with Gasteiger partial charge >= 0.3 is 0 Å². The van der Waals surface area contributed by atoms with Crippen molar-refractivity contribution in [1.82, 2.24) is 0 Å². The first-order valence-electron chi connectivity index (χ1n) is 9.64. The van der Waals surface area contributed by atoms with E-state index in [9.17, 15) is 14.4 Å². The Morgan fingerprint density at radius 2 is 1.85 bits per heavy atom. The Kier molecular flexibility index (Phi) is 5.71. The summed E-state index contributed by atoms with van der Waals surface area (Å²) in [5.74, 6) is -1.13. The Balaban J connectivity index is 2.04. The van der Waals surface area contributed by atoms with Gasteiger partial charge in [-0.15, -0.1) is 0 Å². The van der Waals surface area contributed by atoms with Crippen LogP contribution in [0.5, 0.6) is 0 Å². The molecule has 6 atom stereocenters. The van der Waals surface area contributed by atoms with Crippen molar-refractivity contribution in [2.75, 3.05) is 21.0 Å². The SMILES string of the molecule is COCO[C@@H]1C[C@@H]2C(=O)C[C@@]3(C=O)[C@H](OC)C=CC[C@H]3C(=O)[C@H](C1)C2(C)C. The lowest BCUT2D eigenvalue weighted by molar-refractivity contribution is -0.170. The molecule has 2 bridgehead atoms. The van der Waals surface area contributed by atoms with Crippen molar-refractivity contribution in [3.63, 3.8) is 0 Å². The van der Waals surface area contributed by atoms with Crippen molar-refractivity contribution in [3.8, 4) is 0 Å². The Morgan fingerprint density at radius 1 is 1.15 bits per heavy atom. The van der Waals surface area contributed by atoms with E-state index in [-0.39, 0.29) is 42.7 Å². The molecule has 0 radical (unpaired) electrons. The lowest BCUT2D eigenvalue weighted by Crippen LogP contribution is -2.59. The average molecular weight is 378 g/mol. The molecule has 0 spiro atoms. The van der Waals surface area contributed by atoms with Gasteiger partial charge in [-0.3, -0.25) is 9.59 Å². The van der Waals surface area contributed by atoms with Crippen molar-refractivity contribution in [2.45, 2.75) is 51.7 Å². The predicted octanol–water partition coefficient (Wildman–Crippen LogP) is 2.35. The summed E-state index contributed by atoms with van der Waals surface area (Å²) in [6.07, 6.45) is 5.37. The molecule has 0 saturated heterocycles. The molecule has 0 aliphatic heterocycles. The van der Waals surface area contributed by atoms with E-state index in [2.05, 4.69) is 0 Å². The molecule has 0 N–H and O–H groups in total. The Morgan fingerprint density at radius 3 is 2.48 bits per heavy atom. The molecule has 0 heterocycles. The van der Waals surface area contributed by atoms with Crippen LogP contribution in [0, 0.1) is 28.6 Å². The number of hydrogen-bond acceptors (Lipinski definition) is 6. The van der Waals surface area contributed by atoms with E-state index in [0.29, 0.717) is 19.3 Å². The van der Waals surface area contributed by atoms with Gasteiger partial charge in [-0.2, -0.15) is 0 Å². The van der Waals surface area contributed by atoms with Gasteiger partial charge in [0.05, 0.1) is 17.6 Å². The van der Waals surface area contributed by atoms with Crippen LogP contribution in [0.1, 0.15) is 39.5 Å². The number of allylic oxidation sites excluding steroid dienone is 1. The highest BCUT2D eigenvalue weighted by Gasteiger charge is 2.60. The smallest absolute Gasteiger partial charge is 0.146 e. The number of methoxy groups -OCH3 is 2. The number of ether oxygens (including phenoxy) is 3. The third-order valence-corrected chi connectivity index (χ3v) is 7.11. The van der Waals surface area contributed by atoms with E-state index >= 15 is 0 Å². The van der Waals surface area contributed by atoms with Crippen LogP contribution in [-0.2, 0) is 28.6 Å². The fraction of sp³-hybridized carbons (Fsp3) is 0.762. The van der Waals surface area contributed by atoms with E-state index in [4.69, 9.17) is 14.2 Å². The highest BCUT2D eigenvalue weighted by Crippen LogP contribution is 2.54. The minimum atomic E-state index is -1.11. The van der Waals surface area contributed by atoms with Crippen LogP contribution in [0.2, 0.25) is 0 Å². The zero-order valence-corrected chi connectivity index (χ0v) is 16.6. The maximum absolute atomic E-state index is 13.7. The van der Waals surface area contributed by atoms with E-state index in [1.165, 1.54) is 7.11 Å². The molecule has 0 aromatic carbocycles. The summed E-state index contributed by atoms with van der Waals surface area (Å²) in [6.45, 7) is 4.15. The Hall–Kier alpha value is -1.37. The molecule has 3 rings (SSSR count). The number of carbonyl (C=O) groups is 3. The summed E-state index contributed by atoms with van der Waals surface area (Å²) < 4.78 is 16.3. The van der Waals surface area contributed by atoms with Crippen LogP contribution >= 0.6 is 0 Å². The number of carbonyl (C=O) groups excluding carboxylic acids is 3. The van der Waals surface area contributed by atoms with Crippen molar-refractivity contribution in [2.24, 2.45) is 28.6 Å². The molecule has 0 aromatic rings. The Bertz CT molecular complexity index is 639. The lowest BCUT2D eigenvalue weighted by Gasteiger charge is -2.53. The summed E-state index contributed by atoms with van der Waals surface area (Å²) in [5.41, 5.74) is -1.56. The van der Waals surface area contributed by atoms with Crippen LogP contribution < -0.4 is 0 Å². The number of hydrogen-bond donors (Lipinski definition) is 0. The van der Waals surface area contributed by atoms with Crippen LogP contribution in [0.15, 0.2) is 12.2 Å². The molecule has 6 nitrogen and oxygen atoms in total. The van der Waals surface area contributed by atoms with E-state index in [0.717, 1.165) is 6.29 Å². The monoisotopic (exact) mass is 378 g/mol. The molecule has 3 aliphatic rings. The summed E-state index contributed by atoms with van der Waals surface area (Å²) >= 11 is 0. The van der Waals surface area contributed by atoms with Gasteiger partial charge in [-0.05, 0) is 24.7 Å². The summed E-state index contributed by atoms with van der Waals surface area (Å²) in [5, 5.41) is 0. The minimum absolute atomic E-state index is 0.0256. The molecule has 150 valence electrons. The zero-order valence-electron chi connectivity index (χ0n) is 16.6. The molecule has 6 heteroatoms. The van der Waals surface area contributed by atoms with Crippen molar-refractivity contribution in [1.29, 1.82) is 0 Å². The number of fused-ring (bicyclic) bond motifs is 3. The zero-order chi connectivity index (χ0) is 19.8. The first kappa shape index (κ1) is 20.4. The van der Waals surface area contributed by atoms with Crippen LogP contribution in [-0.4, -0.2) is 51.1 Å². The van der Waals surface area contributed by atoms with Gasteiger partial charge in [-0.25, -0.2) is 0 Å². The third kappa shape index (κ3) is 3.22. The first-order chi connectivity index (χ1) is 12.8. The average Bonchev–Trinajstić information content (AvgIpc) is 2.65. The molecular weight excluding hydrogens is 348 g/mol. The highest BCUT2D eigenvalue weighted by molar-refractivity contribution is 5.95. The van der Waals surface area contributed by atoms with Gasteiger partial charge in [0.2, 0.25) is 0 Å². The van der Waals surface area contributed by atoms with E-state index < -0.39 is 22.9 Å². The fourth-order valence-electron chi connectivity index (χ4n) is 5.50. The topological polar surface area (TPSA) is 78.9 Å². The fourth-order valence-corrected chi connectivity index (χ4v) is 5.50. The second kappa shape index (κ2) is 7.57. The predicted molar refractivity (Wildman–Crippen MR) is 97.9 cm³/mol. The molecule has 0 amide bonds. The van der Waals surface area contributed by atoms with Gasteiger partial charge < -0.3 is 19.0 Å². The second-order valence-electron chi connectivity index (χ2n) is 8.74. The van der Waals surface area contributed by atoms with Crippen molar-refractivity contribution < 1.29 is 28.6 Å². The third-order valence-electron chi connectivity index (χ3n) is 7.11. The van der Waals surface area contributed by atoms with Crippen LogP contribution in [0.3, 0.4) is 0 Å². The second-order valence-corrected chi connectivity index (χ2v) is 8.74. The summed E-state index contributed by atoms with van der Waals surface area (Å²) in [4.78, 5) is 39.3. The number of ketones is 2. The van der Waals surface area contributed by atoms with Crippen molar-refractivity contribution >= 4 is 17.9 Å². The lowest BCUT2D eigenvalue weighted by atomic mass is 9.50. The van der Waals surface area contributed by atoms with Gasteiger partial charge in [0.1, 0.15) is 24.6 Å². The van der Waals surface area contributed by atoms with Gasteiger partial charge in [-0.1, -0.05) is 26.0 Å². The number of rotatable bonds is 5. The summed E-state index contributed by atoms with van der Waals surface area (Å²) in [7, 11) is 3.08. The molecule has 3 aliphatic carbocycles. The van der Waals surface area contributed by atoms with E-state index in [1.54, 1.807) is 7.11 Å². The number of Topliss-reactive ketones (excluding diaryl/α,β-unsaturated/α-hetero) is 2. The molecule has 2 fully saturated rings. The van der Waals surface area contributed by atoms with Gasteiger partial charge in [0, 0.05) is 38.4 Å². The molecule has 0 unspecified atom stereocenters. The van der Waals surface area contributed by atoms with Gasteiger partial charge in [0.15, 0.2) is 0 Å². The maximum Gasteiger partial charge on any atom is 0.146 e. The first-order valence-corrected chi connectivity index (χ1v) is 9.64. The standard InChI is InChI=1S/C21H30O6/c1-20(2)15-8-13(27-12-25-3)9-16(20)19(24)14-6-5-7-18(26-4)21(14,11-22)10-17(15)23/h5,7,11,13-16,18H,6,8-10,12H2,1-4H3/t13-,14+,15-,16+,18-,21+/m1/s1. The molecular formula is C21H30O6. The minimum Gasteiger partial charge on any atom is -0.376 e.